The van der Waals surface area contributed by atoms with Gasteiger partial charge < -0.3 is 30.5 Å². The summed E-state index contributed by atoms with van der Waals surface area (Å²) in [5.74, 6) is -4.66. The molecule has 4 heterocycles. The second-order valence-corrected chi connectivity index (χ2v) is 11.9. The summed E-state index contributed by atoms with van der Waals surface area (Å²) in [4.78, 5) is 79.9. The number of aromatic hydroxyl groups is 1. The number of imide groups is 1. The van der Waals surface area contributed by atoms with E-state index >= 15 is 0 Å². The predicted molar refractivity (Wildman–Crippen MR) is 150 cm³/mol. The first kappa shape index (κ1) is 34.2. The number of likely N-dealkylation sites (N-methyl/N-ethyl adjacent to an activating group) is 1. The number of amides is 6. The number of rotatable bonds is 9. The van der Waals surface area contributed by atoms with Gasteiger partial charge in [0.1, 0.15) is 23.2 Å². The van der Waals surface area contributed by atoms with Crippen molar-refractivity contribution in [3.05, 3.63) is 41.1 Å². The van der Waals surface area contributed by atoms with E-state index in [1.807, 2.05) is 0 Å². The molecule has 0 saturated carbocycles. The number of aromatic nitrogens is 4. The average molecular weight is 668 g/mol. The van der Waals surface area contributed by atoms with Crippen molar-refractivity contribution in [1.82, 2.24) is 45.5 Å². The largest absolute Gasteiger partial charge is 1.00 e. The molecule has 3 aliphatic rings. The minimum atomic E-state index is -1.54. The monoisotopic (exact) mass is 667 g/mol. The molecule has 45 heavy (non-hydrogen) atoms. The molecule has 2 saturated heterocycles. The SMILES string of the molecule is CCN1CCN(C(=O)NC(C(=O)NC2C(=O)N3C(C(=O)[O-])=C(CSc4nnnn4C)CS[C@H]23)c2ccc(O)cc2)C(=O)C1=O.[Na+]. The van der Waals surface area contributed by atoms with Gasteiger partial charge in [-0.15, -0.1) is 16.9 Å². The van der Waals surface area contributed by atoms with E-state index < -0.39 is 53.1 Å². The number of carbonyl (C=O) groups is 6. The van der Waals surface area contributed by atoms with Crippen molar-refractivity contribution in [2.45, 2.75) is 29.5 Å². The van der Waals surface area contributed by atoms with Crippen molar-refractivity contribution in [2.75, 3.05) is 31.1 Å². The minimum absolute atomic E-state index is 0. The van der Waals surface area contributed by atoms with Crippen LogP contribution in [0, 0.1) is 0 Å². The Labute approximate surface area is 286 Å². The summed E-state index contributed by atoms with van der Waals surface area (Å²) in [6.07, 6.45) is 0. The molecule has 5 rings (SSSR count). The molecule has 232 valence electrons. The number of aryl methyl sites for hydroxylation is 1. The quantitative estimate of drug-likeness (QED) is 0.0984. The maximum absolute atomic E-state index is 13.5. The molecule has 0 radical (unpaired) electrons. The van der Waals surface area contributed by atoms with Crippen molar-refractivity contribution >= 4 is 59.2 Å². The summed E-state index contributed by atoms with van der Waals surface area (Å²) < 4.78 is 1.42. The van der Waals surface area contributed by atoms with Crippen LogP contribution in [0.5, 0.6) is 5.75 Å². The van der Waals surface area contributed by atoms with Gasteiger partial charge in [-0.25, -0.2) is 9.48 Å². The molecule has 17 nitrogen and oxygen atoms in total. The molecule has 2 aromatic rings. The molecule has 0 aliphatic carbocycles. The molecular formula is C25H26N9NaO8S2. The van der Waals surface area contributed by atoms with Gasteiger partial charge in [-0.3, -0.25) is 29.0 Å². The van der Waals surface area contributed by atoms with Crippen LogP contribution in [0.2, 0.25) is 0 Å². The van der Waals surface area contributed by atoms with E-state index in [-0.39, 0.29) is 71.2 Å². The van der Waals surface area contributed by atoms with Gasteiger partial charge in [0.15, 0.2) is 0 Å². The summed E-state index contributed by atoms with van der Waals surface area (Å²) in [6.45, 7) is 2.02. The van der Waals surface area contributed by atoms with Crippen LogP contribution in [0.3, 0.4) is 0 Å². The fourth-order valence-electron chi connectivity index (χ4n) is 4.85. The van der Waals surface area contributed by atoms with Crippen LogP contribution < -0.4 is 45.3 Å². The third-order valence-electron chi connectivity index (χ3n) is 7.19. The number of β-lactam (4-membered cyclic amide) rings is 1. The summed E-state index contributed by atoms with van der Waals surface area (Å²) >= 11 is 2.43. The Morgan fingerprint density at radius 2 is 1.87 bits per heavy atom. The number of hydrogen-bond acceptors (Lipinski definition) is 13. The number of thioether (sulfide) groups is 2. The molecule has 6 amide bonds. The first-order valence-electron chi connectivity index (χ1n) is 13.3. The van der Waals surface area contributed by atoms with Gasteiger partial charge >= 0.3 is 47.4 Å². The fourth-order valence-corrected chi connectivity index (χ4v) is 7.19. The Hall–Kier alpha value is -3.65. The number of aliphatic carboxylic acids is 1. The second-order valence-electron chi connectivity index (χ2n) is 9.83. The minimum Gasteiger partial charge on any atom is -0.543 e. The Morgan fingerprint density at radius 3 is 2.49 bits per heavy atom. The Bertz CT molecular complexity index is 1570. The molecule has 0 spiro atoms. The van der Waals surface area contributed by atoms with Gasteiger partial charge in [0.05, 0.1) is 11.7 Å². The molecular weight excluding hydrogens is 641 g/mol. The molecule has 3 atom stereocenters. The number of hydrogen-bond donors (Lipinski definition) is 3. The molecule has 3 N–H and O–H groups in total. The summed E-state index contributed by atoms with van der Waals surface area (Å²) in [5.41, 5.74) is 0.353. The van der Waals surface area contributed by atoms with E-state index in [4.69, 9.17) is 0 Å². The summed E-state index contributed by atoms with van der Waals surface area (Å²) in [5, 5.41) is 37.7. The molecule has 3 aliphatic heterocycles. The van der Waals surface area contributed by atoms with Crippen molar-refractivity contribution in [3.63, 3.8) is 0 Å². The van der Waals surface area contributed by atoms with E-state index in [2.05, 4.69) is 26.2 Å². The molecule has 1 aromatic carbocycles. The first-order valence-corrected chi connectivity index (χ1v) is 15.3. The number of carbonyl (C=O) groups excluding carboxylic acids is 6. The zero-order valence-corrected chi connectivity index (χ0v) is 28.0. The average Bonchev–Trinajstić information content (AvgIpc) is 3.42. The number of fused-ring (bicyclic) bond motifs is 1. The zero-order valence-electron chi connectivity index (χ0n) is 24.3. The Balaban J connectivity index is 0.00000461. The summed E-state index contributed by atoms with van der Waals surface area (Å²) in [6, 6.07) is 1.76. The van der Waals surface area contributed by atoms with Crippen LogP contribution in [0.15, 0.2) is 40.7 Å². The van der Waals surface area contributed by atoms with Crippen molar-refractivity contribution in [1.29, 1.82) is 0 Å². The molecule has 0 bridgehead atoms. The normalized spacial score (nSPS) is 20.2. The van der Waals surface area contributed by atoms with Gasteiger partial charge in [-0.1, -0.05) is 23.9 Å². The summed E-state index contributed by atoms with van der Waals surface area (Å²) in [7, 11) is 1.63. The van der Waals surface area contributed by atoms with E-state index in [9.17, 15) is 39.0 Å². The number of piperazine rings is 1. The Morgan fingerprint density at radius 1 is 1.16 bits per heavy atom. The Kier molecular flexibility index (Phi) is 10.8. The third kappa shape index (κ3) is 6.81. The van der Waals surface area contributed by atoms with Gasteiger partial charge in [0, 0.05) is 38.2 Å². The number of tetrazole rings is 1. The predicted octanol–water partition coefficient (Wildman–Crippen LogP) is -5.44. The van der Waals surface area contributed by atoms with Gasteiger partial charge in [0.2, 0.25) is 11.1 Å². The van der Waals surface area contributed by atoms with E-state index in [0.717, 1.165) is 4.90 Å². The zero-order chi connectivity index (χ0) is 31.7. The van der Waals surface area contributed by atoms with Crippen LogP contribution in [-0.2, 0) is 31.0 Å². The van der Waals surface area contributed by atoms with Crippen LogP contribution in [-0.4, -0.2) is 118 Å². The second kappa shape index (κ2) is 14.2. The van der Waals surface area contributed by atoms with Crippen LogP contribution in [0.1, 0.15) is 18.5 Å². The molecule has 20 heteroatoms. The van der Waals surface area contributed by atoms with Crippen molar-refractivity contribution < 1.29 is 68.5 Å². The number of carboxylic acids is 1. The van der Waals surface area contributed by atoms with Crippen molar-refractivity contribution in [3.8, 4) is 5.75 Å². The number of phenols is 1. The number of nitrogens with zero attached hydrogens (tertiary/aromatic N) is 7. The maximum atomic E-state index is 13.5. The van der Waals surface area contributed by atoms with E-state index in [1.54, 1.807) is 14.0 Å². The number of phenolic OH excluding ortho intramolecular Hbond substituents is 1. The first-order chi connectivity index (χ1) is 21.0. The van der Waals surface area contributed by atoms with Crippen LogP contribution >= 0.6 is 23.5 Å². The van der Waals surface area contributed by atoms with Gasteiger partial charge in [-0.05, 0) is 40.6 Å². The molecule has 2 fully saturated rings. The molecule has 1 aromatic heterocycles. The van der Waals surface area contributed by atoms with Crippen molar-refractivity contribution in [2.24, 2.45) is 7.05 Å². The maximum Gasteiger partial charge on any atom is 1.00 e. The number of benzene rings is 1. The smallest absolute Gasteiger partial charge is 0.543 e. The van der Waals surface area contributed by atoms with Crippen LogP contribution in [0.25, 0.3) is 0 Å². The van der Waals surface area contributed by atoms with E-state index in [1.165, 1.54) is 57.4 Å². The number of nitrogens with one attached hydrogen (secondary N) is 2. The van der Waals surface area contributed by atoms with Crippen LogP contribution in [0.4, 0.5) is 4.79 Å². The van der Waals surface area contributed by atoms with E-state index in [0.29, 0.717) is 22.2 Å². The van der Waals surface area contributed by atoms with Gasteiger partial charge in [-0.2, -0.15) is 0 Å². The fraction of sp³-hybridized carbons (Fsp3) is 0.400. The third-order valence-corrected chi connectivity index (χ3v) is 9.62. The number of urea groups is 1. The molecule has 2 unspecified atom stereocenters. The topological polar surface area (TPSA) is 223 Å². The number of carboxylic acid groups (broad SMARTS) is 1. The van der Waals surface area contributed by atoms with Gasteiger partial charge in [0.25, 0.3) is 5.91 Å². The standard InChI is InChI=1S/C25H27N9O8S2.Na/c1-3-32-8-9-33(21(39)20(32)38)24(42)27-15(12-4-6-14(35)7-5-12)18(36)26-16-19(37)34-17(23(40)41)13(10-43-22(16)34)11-44-25-28-29-30-31(25)2;/h4-7,15-16,22,35H,3,8-11H2,1-2H3,(H,26,36)(H,27,42)(H,40,41);/q;+1/p-1/t15?,16?,22-;/m1./s1.